The first-order valence-corrected chi connectivity index (χ1v) is 14.0. The minimum atomic E-state index is -4.94. The lowest BCUT2D eigenvalue weighted by atomic mass is 9.92. The maximum Gasteiger partial charge on any atom is 0.419 e. The zero-order chi connectivity index (χ0) is 31.8. The highest BCUT2D eigenvalue weighted by atomic mass is 19.4. The summed E-state index contributed by atoms with van der Waals surface area (Å²) in [6.45, 7) is 4.58. The molecule has 14 heteroatoms. The number of aromatic nitrogens is 2. The maximum atomic E-state index is 14.4. The van der Waals surface area contributed by atoms with E-state index in [1.807, 2.05) is 0 Å². The summed E-state index contributed by atoms with van der Waals surface area (Å²) in [6.07, 6.45) is -3.74. The van der Waals surface area contributed by atoms with Crippen molar-refractivity contribution in [3.05, 3.63) is 90.3 Å². The molecule has 0 saturated carbocycles. The molecular weight excluding hydrogens is 591 g/mol. The number of hydrogen-bond acceptors (Lipinski definition) is 8. The van der Waals surface area contributed by atoms with E-state index >= 15 is 0 Å². The van der Waals surface area contributed by atoms with Crippen molar-refractivity contribution in [1.29, 1.82) is 0 Å². The molecule has 4 aromatic rings. The van der Waals surface area contributed by atoms with Crippen LogP contribution in [0.4, 0.5) is 41.0 Å². The van der Waals surface area contributed by atoms with Gasteiger partial charge in [-0.05, 0) is 42.0 Å². The van der Waals surface area contributed by atoms with Crippen LogP contribution in [0.15, 0.2) is 79.1 Å². The molecule has 1 aromatic heterocycles. The van der Waals surface area contributed by atoms with Gasteiger partial charge in [-0.15, -0.1) is 0 Å². The molecule has 0 radical (unpaired) electrons. The number of amides is 3. The van der Waals surface area contributed by atoms with Gasteiger partial charge in [0.25, 0.3) is 0 Å². The van der Waals surface area contributed by atoms with Crippen LogP contribution < -0.4 is 26.4 Å². The van der Waals surface area contributed by atoms with Gasteiger partial charge in [-0.25, -0.2) is 14.8 Å². The van der Waals surface area contributed by atoms with Crippen LogP contribution in [0, 0.1) is 0 Å². The number of nitrogens with two attached hydrogens (primary N) is 1. The maximum absolute atomic E-state index is 14.4. The van der Waals surface area contributed by atoms with Gasteiger partial charge in [0.2, 0.25) is 5.91 Å². The Labute approximate surface area is 256 Å². The van der Waals surface area contributed by atoms with E-state index < -0.39 is 34.9 Å². The summed E-state index contributed by atoms with van der Waals surface area (Å²) in [7, 11) is 0. The third-order valence-electron chi connectivity index (χ3n) is 6.88. The molecule has 5 rings (SSSR count). The summed E-state index contributed by atoms with van der Waals surface area (Å²) in [6, 6.07) is 17.3. The number of rotatable bonds is 10. The van der Waals surface area contributed by atoms with Gasteiger partial charge in [0, 0.05) is 42.5 Å². The predicted octanol–water partition coefficient (Wildman–Crippen LogP) is 5.36. The second kappa shape index (κ2) is 14.1. The molecule has 11 nitrogen and oxygen atoms in total. The molecule has 0 bridgehead atoms. The Bertz CT molecular complexity index is 1630. The van der Waals surface area contributed by atoms with Crippen LogP contribution in [0.1, 0.15) is 15.9 Å². The van der Waals surface area contributed by atoms with Gasteiger partial charge in [-0.2, -0.15) is 13.2 Å². The van der Waals surface area contributed by atoms with E-state index in [2.05, 4.69) is 30.8 Å². The van der Waals surface area contributed by atoms with E-state index in [1.165, 1.54) is 36.7 Å². The van der Waals surface area contributed by atoms with Crippen LogP contribution in [0.2, 0.25) is 0 Å². The van der Waals surface area contributed by atoms with Gasteiger partial charge in [-0.1, -0.05) is 30.3 Å². The van der Waals surface area contributed by atoms with Crippen LogP contribution in [0.3, 0.4) is 0 Å². The van der Waals surface area contributed by atoms with Crippen molar-refractivity contribution in [1.82, 2.24) is 14.9 Å². The Kier molecular flexibility index (Phi) is 9.75. The standard InChI is InChI=1S/C31H30F3N7O4/c32-31(33,34)28-24(11-10-23(29(35)42)27(28)20-4-2-1-3-5-20)39-30(43)40-26-18-25(36-19-37-26)38-21-6-8-22(9-7-21)45-17-14-41-12-15-44-16-13-41/h1-11,18-19H,12-17H2,(H2,35,42)(H3,36,37,38,39,40,43). The molecule has 0 aliphatic carbocycles. The smallest absolute Gasteiger partial charge is 0.419 e. The number of morpholine rings is 1. The van der Waals surface area contributed by atoms with Crippen molar-refractivity contribution in [2.75, 3.05) is 55.4 Å². The number of anilines is 4. The molecule has 5 N–H and O–H groups in total. The van der Waals surface area contributed by atoms with E-state index in [4.69, 9.17) is 15.2 Å². The minimum Gasteiger partial charge on any atom is -0.492 e. The number of halogens is 3. The van der Waals surface area contributed by atoms with Crippen LogP contribution in [-0.4, -0.2) is 66.3 Å². The Morgan fingerprint density at radius 2 is 1.64 bits per heavy atom. The van der Waals surface area contributed by atoms with Crippen molar-refractivity contribution in [2.24, 2.45) is 5.73 Å². The molecule has 1 aliphatic heterocycles. The first-order valence-electron chi connectivity index (χ1n) is 14.0. The van der Waals surface area contributed by atoms with Crippen LogP contribution in [-0.2, 0) is 10.9 Å². The minimum absolute atomic E-state index is 0.0265. The topological polar surface area (TPSA) is 144 Å². The number of nitrogens with one attached hydrogen (secondary N) is 3. The molecule has 1 fully saturated rings. The van der Waals surface area contributed by atoms with Gasteiger partial charge in [0.15, 0.2) is 0 Å². The number of carbonyl (C=O) groups is 2. The van der Waals surface area contributed by atoms with Gasteiger partial charge < -0.3 is 25.8 Å². The molecule has 0 unspecified atom stereocenters. The van der Waals surface area contributed by atoms with Crippen LogP contribution in [0.25, 0.3) is 11.1 Å². The average molecular weight is 622 g/mol. The number of benzene rings is 3. The lowest BCUT2D eigenvalue weighted by Gasteiger charge is -2.26. The van der Waals surface area contributed by atoms with Gasteiger partial charge in [0.05, 0.1) is 24.5 Å². The third-order valence-corrected chi connectivity index (χ3v) is 6.88. The number of urea groups is 1. The highest BCUT2D eigenvalue weighted by Gasteiger charge is 2.39. The number of alkyl halides is 3. The molecule has 0 spiro atoms. The quantitative estimate of drug-likeness (QED) is 0.185. The SMILES string of the molecule is NC(=O)c1ccc(NC(=O)Nc2cc(Nc3ccc(OCCN4CCOCC4)cc3)ncn2)c(C(F)(F)F)c1-c1ccccc1. The summed E-state index contributed by atoms with van der Waals surface area (Å²) in [5, 5.41) is 7.73. The first-order chi connectivity index (χ1) is 21.7. The van der Waals surface area contributed by atoms with E-state index in [0.29, 0.717) is 23.9 Å². The van der Waals surface area contributed by atoms with Gasteiger partial charge in [0.1, 0.15) is 30.3 Å². The average Bonchev–Trinajstić information content (AvgIpc) is 3.02. The summed E-state index contributed by atoms with van der Waals surface area (Å²) < 4.78 is 54.3. The number of carbonyl (C=O) groups excluding carboxylic acids is 2. The van der Waals surface area contributed by atoms with Crippen LogP contribution >= 0.6 is 0 Å². The number of hydrogen-bond donors (Lipinski definition) is 4. The predicted molar refractivity (Wildman–Crippen MR) is 163 cm³/mol. The Morgan fingerprint density at radius 1 is 0.933 bits per heavy atom. The van der Waals surface area contributed by atoms with E-state index in [0.717, 1.165) is 45.0 Å². The first kappa shape index (κ1) is 31.2. The van der Waals surface area contributed by atoms with E-state index in [-0.39, 0.29) is 16.9 Å². The monoisotopic (exact) mass is 621 g/mol. The highest BCUT2D eigenvalue weighted by molar-refractivity contribution is 6.05. The molecule has 3 amide bonds. The molecule has 0 atom stereocenters. The van der Waals surface area contributed by atoms with Crippen molar-refractivity contribution < 1.29 is 32.2 Å². The Hall–Kier alpha value is -5.21. The van der Waals surface area contributed by atoms with Crippen LogP contribution in [0.5, 0.6) is 5.75 Å². The van der Waals surface area contributed by atoms with Crippen molar-refractivity contribution >= 4 is 34.9 Å². The largest absolute Gasteiger partial charge is 0.492 e. The lowest BCUT2D eigenvalue weighted by Crippen LogP contribution is -2.38. The summed E-state index contributed by atoms with van der Waals surface area (Å²) in [5.74, 6) is 0.0171. The fraction of sp³-hybridized carbons (Fsp3) is 0.226. The molecule has 3 aromatic carbocycles. The summed E-state index contributed by atoms with van der Waals surface area (Å²) >= 11 is 0. The molecule has 45 heavy (non-hydrogen) atoms. The summed E-state index contributed by atoms with van der Waals surface area (Å²) in [4.78, 5) is 35.3. The lowest BCUT2D eigenvalue weighted by molar-refractivity contribution is -0.136. The highest BCUT2D eigenvalue weighted by Crippen LogP contribution is 2.43. The Morgan fingerprint density at radius 3 is 2.33 bits per heavy atom. The molecule has 2 heterocycles. The zero-order valence-electron chi connectivity index (χ0n) is 23.9. The van der Waals surface area contributed by atoms with Gasteiger partial charge in [-0.3, -0.25) is 15.0 Å². The fourth-order valence-corrected chi connectivity index (χ4v) is 4.77. The number of primary amides is 1. The van der Waals surface area contributed by atoms with Crippen molar-refractivity contribution in [2.45, 2.75) is 6.18 Å². The second-order valence-corrected chi connectivity index (χ2v) is 9.96. The van der Waals surface area contributed by atoms with E-state index in [1.54, 1.807) is 30.3 Å². The normalized spacial score (nSPS) is 13.6. The number of ether oxygens (including phenoxy) is 2. The molecular formula is C31H30F3N7O4. The number of nitrogens with zero attached hydrogens (tertiary/aromatic N) is 3. The zero-order valence-corrected chi connectivity index (χ0v) is 23.9. The fourth-order valence-electron chi connectivity index (χ4n) is 4.77. The third kappa shape index (κ3) is 8.25. The van der Waals surface area contributed by atoms with Crippen molar-refractivity contribution in [3.63, 3.8) is 0 Å². The van der Waals surface area contributed by atoms with Crippen molar-refractivity contribution in [3.8, 4) is 16.9 Å². The van der Waals surface area contributed by atoms with E-state index in [9.17, 15) is 22.8 Å². The Balaban J connectivity index is 1.25. The molecule has 1 aliphatic rings. The van der Waals surface area contributed by atoms with Gasteiger partial charge >= 0.3 is 12.2 Å². The second-order valence-electron chi connectivity index (χ2n) is 9.96. The molecule has 234 valence electrons. The molecule has 1 saturated heterocycles. The summed E-state index contributed by atoms with van der Waals surface area (Å²) in [5.41, 5.74) is 3.65.